The molecule has 0 spiro atoms. The maximum absolute atomic E-state index is 12.2. The summed E-state index contributed by atoms with van der Waals surface area (Å²) < 4.78 is 29.5. The van der Waals surface area contributed by atoms with Crippen LogP contribution in [0.1, 0.15) is 26.5 Å². The predicted octanol–water partition coefficient (Wildman–Crippen LogP) is 3.07. The van der Waals surface area contributed by atoms with Gasteiger partial charge in [0.2, 0.25) is 0 Å². The number of nitrogens with zero attached hydrogens (tertiary/aromatic N) is 2. The first-order valence-corrected chi connectivity index (χ1v) is 10.7. The number of para-hydroxylation sites is 1. The quantitative estimate of drug-likeness (QED) is 0.393. The highest BCUT2D eigenvalue weighted by atomic mass is 127. The Morgan fingerprint density at radius 1 is 1.33 bits per heavy atom. The third kappa shape index (κ3) is 4.96. The molecule has 1 aliphatic heterocycles. The van der Waals surface area contributed by atoms with E-state index in [9.17, 15) is 8.42 Å². The van der Waals surface area contributed by atoms with Crippen LogP contribution in [0.4, 0.5) is 0 Å². The van der Waals surface area contributed by atoms with Crippen molar-refractivity contribution in [2.24, 2.45) is 4.99 Å². The number of sulfone groups is 1. The lowest BCUT2D eigenvalue weighted by Crippen LogP contribution is -2.57. The summed E-state index contributed by atoms with van der Waals surface area (Å²) >= 11 is 0. The van der Waals surface area contributed by atoms with Gasteiger partial charge in [0, 0.05) is 38.0 Å². The summed E-state index contributed by atoms with van der Waals surface area (Å²) in [5.74, 6) is 1.84. The molecule has 3 rings (SSSR count). The number of rotatable bonds is 4. The van der Waals surface area contributed by atoms with Gasteiger partial charge in [0.05, 0.1) is 10.5 Å². The van der Waals surface area contributed by atoms with Gasteiger partial charge in [-0.15, -0.1) is 24.0 Å². The first-order chi connectivity index (χ1) is 12.3. The zero-order chi connectivity index (χ0) is 18.8. The maximum Gasteiger partial charge on any atom is 0.194 e. The molecule has 2 aromatic rings. The summed E-state index contributed by atoms with van der Waals surface area (Å²) in [6, 6.07) is 10.0. The molecule has 2 heterocycles. The van der Waals surface area contributed by atoms with Crippen LogP contribution < -0.4 is 5.32 Å². The van der Waals surface area contributed by atoms with Crippen molar-refractivity contribution in [3.8, 4) is 0 Å². The Labute approximate surface area is 178 Å². The van der Waals surface area contributed by atoms with Gasteiger partial charge in [0.15, 0.2) is 15.8 Å². The lowest BCUT2D eigenvalue weighted by molar-refractivity contribution is 0.353. The Morgan fingerprint density at radius 2 is 2.07 bits per heavy atom. The SMILES string of the molecule is CCNC(=NCCc1cc2ccccc2o1)N1CCS(=O)(=O)C(C)(C)C1.I. The molecule has 0 radical (unpaired) electrons. The van der Waals surface area contributed by atoms with E-state index < -0.39 is 14.6 Å². The Morgan fingerprint density at radius 3 is 2.74 bits per heavy atom. The van der Waals surface area contributed by atoms with Crippen molar-refractivity contribution in [3.63, 3.8) is 0 Å². The Kier molecular flexibility index (Phi) is 7.18. The van der Waals surface area contributed by atoms with Gasteiger partial charge in [-0.25, -0.2) is 8.42 Å². The lowest BCUT2D eigenvalue weighted by atomic mass is 10.2. The molecule has 1 saturated heterocycles. The highest BCUT2D eigenvalue weighted by Gasteiger charge is 2.40. The molecule has 0 bridgehead atoms. The van der Waals surface area contributed by atoms with Crippen LogP contribution >= 0.6 is 24.0 Å². The molecule has 0 saturated carbocycles. The molecule has 6 nitrogen and oxygen atoms in total. The molecule has 0 aliphatic carbocycles. The van der Waals surface area contributed by atoms with E-state index in [0.29, 0.717) is 26.1 Å². The number of fused-ring (bicyclic) bond motifs is 1. The summed E-state index contributed by atoms with van der Waals surface area (Å²) in [5, 5.41) is 4.38. The molecule has 8 heteroatoms. The van der Waals surface area contributed by atoms with Crippen molar-refractivity contribution in [3.05, 3.63) is 36.1 Å². The highest BCUT2D eigenvalue weighted by Crippen LogP contribution is 2.24. The fourth-order valence-corrected chi connectivity index (χ4v) is 4.55. The molecule has 0 unspecified atom stereocenters. The van der Waals surface area contributed by atoms with Gasteiger partial charge >= 0.3 is 0 Å². The zero-order valence-corrected chi connectivity index (χ0v) is 19.2. The van der Waals surface area contributed by atoms with Crippen molar-refractivity contribution < 1.29 is 12.8 Å². The monoisotopic (exact) mass is 505 g/mol. The zero-order valence-electron chi connectivity index (χ0n) is 16.1. The number of nitrogens with one attached hydrogen (secondary N) is 1. The molecular weight excluding hydrogens is 477 g/mol. The molecular formula is C19H28IN3O3S. The van der Waals surface area contributed by atoms with E-state index in [2.05, 4.69) is 5.32 Å². The third-order valence-electron chi connectivity index (χ3n) is 4.77. The van der Waals surface area contributed by atoms with E-state index in [4.69, 9.17) is 9.41 Å². The van der Waals surface area contributed by atoms with E-state index >= 15 is 0 Å². The molecule has 0 amide bonds. The largest absolute Gasteiger partial charge is 0.461 e. The molecule has 1 aromatic carbocycles. The van der Waals surface area contributed by atoms with Crippen molar-refractivity contribution in [2.45, 2.75) is 31.9 Å². The average Bonchev–Trinajstić information content (AvgIpc) is 2.99. The van der Waals surface area contributed by atoms with Crippen LogP contribution in [0.25, 0.3) is 11.0 Å². The number of hydrogen-bond acceptors (Lipinski definition) is 4. The molecule has 1 fully saturated rings. The van der Waals surface area contributed by atoms with Gasteiger partial charge in [0.1, 0.15) is 11.3 Å². The van der Waals surface area contributed by atoms with Crippen LogP contribution in [0.15, 0.2) is 39.7 Å². The minimum Gasteiger partial charge on any atom is -0.461 e. The second-order valence-corrected chi connectivity index (χ2v) is 9.98. The molecule has 27 heavy (non-hydrogen) atoms. The summed E-state index contributed by atoms with van der Waals surface area (Å²) in [6.07, 6.45) is 0.707. The van der Waals surface area contributed by atoms with E-state index in [1.165, 1.54) is 0 Å². The van der Waals surface area contributed by atoms with Crippen molar-refractivity contribution >= 4 is 50.7 Å². The summed E-state index contributed by atoms with van der Waals surface area (Å²) in [5.41, 5.74) is 0.890. The normalized spacial score (nSPS) is 18.9. The topological polar surface area (TPSA) is 74.9 Å². The fraction of sp³-hybridized carbons (Fsp3) is 0.526. The highest BCUT2D eigenvalue weighted by molar-refractivity contribution is 14.0. The summed E-state index contributed by atoms with van der Waals surface area (Å²) in [6.45, 7) is 7.84. The lowest BCUT2D eigenvalue weighted by Gasteiger charge is -2.39. The van der Waals surface area contributed by atoms with Gasteiger partial charge in [-0.3, -0.25) is 4.99 Å². The number of benzene rings is 1. The maximum atomic E-state index is 12.2. The minimum atomic E-state index is -3.06. The number of halogens is 1. The van der Waals surface area contributed by atoms with Crippen LogP contribution in [-0.2, 0) is 16.3 Å². The van der Waals surface area contributed by atoms with E-state index in [-0.39, 0.29) is 29.7 Å². The van der Waals surface area contributed by atoms with Gasteiger partial charge in [-0.1, -0.05) is 18.2 Å². The second kappa shape index (κ2) is 8.81. The van der Waals surface area contributed by atoms with Crippen molar-refractivity contribution in [1.82, 2.24) is 10.2 Å². The number of furan rings is 1. The van der Waals surface area contributed by atoms with Gasteiger partial charge in [-0.05, 0) is 32.9 Å². The molecule has 1 aliphatic rings. The Hall–Kier alpha value is -1.29. The van der Waals surface area contributed by atoms with Crippen molar-refractivity contribution in [2.75, 3.05) is 31.9 Å². The standard InChI is InChI=1S/C19H27N3O3S.HI/c1-4-20-18(22-11-12-26(23,24)19(2,3)14-22)21-10-9-16-13-15-7-5-6-8-17(15)25-16;/h5-8,13H,4,9-12,14H2,1-3H3,(H,20,21);1H. The fourth-order valence-electron chi connectivity index (χ4n) is 3.18. The second-order valence-electron chi connectivity index (χ2n) is 7.24. The Bertz CT molecular complexity index is 873. The smallest absolute Gasteiger partial charge is 0.194 e. The van der Waals surface area contributed by atoms with E-state index in [1.807, 2.05) is 42.2 Å². The number of hydrogen-bond donors (Lipinski definition) is 1. The molecule has 0 atom stereocenters. The number of guanidine groups is 1. The minimum absolute atomic E-state index is 0. The molecule has 150 valence electrons. The molecule has 1 aromatic heterocycles. The number of aliphatic imine (C=N–C) groups is 1. The van der Waals surface area contributed by atoms with Gasteiger partial charge in [0.25, 0.3) is 0 Å². The van der Waals surface area contributed by atoms with Crippen LogP contribution in [0, 0.1) is 0 Å². The molecule has 1 N–H and O–H groups in total. The summed E-state index contributed by atoms with van der Waals surface area (Å²) in [7, 11) is -3.06. The summed E-state index contributed by atoms with van der Waals surface area (Å²) in [4.78, 5) is 6.74. The van der Waals surface area contributed by atoms with Crippen LogP contribution in [0.2, 0.25) is 0 Å². The van der Waals surface area contributed by atoms with Crippen LogP contribution in [0.5, 0.6) is 0 Å². The first kappa shape index (κ1) is 22.0. The van der Waals surface area contributed by atoms with Gasteiger partial charge < -0.3 is 14.6 Å². The van der Waals surface area contributed by atoms with Crippen molar-refractivity contribution in [1.29, 1.82) is 0 Å². The van der Waals surface area contributed by atoms with Crippen LogP contribution in [-0.4, -0.2) is 56.0 Å². The van der Waals surface area contributed by atoms with Crippen LogP contribution in [0.3, 0.4) is 0 Å². The van der Waals surface area contributed by atoms with Gasteiger partial charge in [-0.2, -0.15) is 0 Å². The average molecular weight is 505 g/mol. The predicted molar refractivity (Wildman–Crippen MR) is 121 cm³/mol. The van der Waals surface area contributed by atoms with E-state index in [0.717, 1.165) is 29.2 Å². The third-order valence-corrected chi connectivity index (χ3v) is 7.31. The first-order valence-electron chi connectivity index (χ1n) is 9.05. The van der Waals surface area contributed by atoms with E-state index in [1.54, 1.807) is 13.8 Å². The Balaban J connectivity index is 0.00000261.